The van der Waals surface area contributed by atoms with Crippen LogP contribution in [-0.2, 0) is 16.0 Å². The Morgan fingerprint density at radius 2 is 1.90 bits per heavy atom. The average Bonchev–Trinajstić information content (AvgIpc) is 3.30. The van der Waals surface area contributed by atoms with E-state index >= 15 is 0 Å². The smallest absolute Gasteiger partial charge is 0.191 e. The van der Waals surface area contributed by atoms with Gasteiger partial charge in [-0.1, -0.05) is 18.6 Å². The van der Waals surface area contributed by atoms with Crippen LogP contribution in [0.5, 0.6) is 5.75 Å². The summed E-state index contributed by atoms with van der Waals surface area (Å²) in [6.07, 6.45) is 8.78. The van der Waals surface area contributed by atoms with Crippen molar-refractivity contribution in [3.63, 3.8) is 0 Å². The Morgan fingerprint density at radius 1 is 1.10 bits per heavy atom. The molecule has 2 N–H and O–H groups in total. The lowest BCUT2D eigenvalue weighted by molar-refractivity contribution is 0.0888. The minimum absolute atomic E-state index is 0. The molecule has 6 nitrogen and oxygen atoms in total. The number of nitrogens with one attached hydrogen (secondary N) is 2. The normalized spacial score (nSPS) is 19.6. The van der Waals surface area contributed by atoms with Crippen LogP contribution in [-0.4, -0.2) is 51.6 Å². The van der Waals surface area contributed by atoms with E-state index in [4.69, 9.17) is 19.2 Å². The molecule has 1 aromatic carbocycles. The number of ether oxygens (including phenoxy) is 3. The van der Waals surface area contributed by atoms with Gasteiger partial charge in [-0.25, -0.2) is 4.99 Å². The molecule has 1 aliphatic carbocycles. The van der Waals surface area contributed by atoms with Crippen molar-refractivity contribution in [1.82, 2.24) is 10.6 Å². The number of benzene rings is 1. The summed E-state index contributed by atoms with van der Waals surface area (Å²) in [5, 5.41) is 6.71. The van der Waals surface area contributed by atoms with E-state index in [1.54, 1.807) is 0 Å². The lowest BCUT2D eigenvalue weighted by atomic mass is 9.98. The van der Waals surface area contributed by atoms with Crippen molar-refractivity contribution in [2.45, 2.75) is 64.5 Å². The van der Waals surface area contributed by atoms with Crippen LogP contribution in [0.2, 0.25) is 0 Å². The third-order valence-electron chi connectivity index (χ3n) is 5.68. The van der Waals surface area contributed by atoms with E-state index in [1.807, 2.05) is 0 Å². The molecule has 1 aliphatic heterocycles. The van der Waals surface area contributed by atoms with Gasteiger partial charge in [-0.05, 0) is 63.1 Å². The molecule has 3 rings (SSSR count). The number of halogens is 1. The first-order valence-corrected chi connectivity index (χ1v) is 11.8. The monoisotopic (exact) mass is 545 g/mol. The first-order valence-electron chi connectivity index (χ1n) is 11.8. The second-order valence-corrected chi connectivity index (χ2v) is 8.30. The summed E-state index contributed by atoms with van der Waals surface area (Å²) >= 11 is 0. The molecule has 31 heavy (non-hydrogen) atoms. The molecule has 1 saturated carbocycles. The molecule has 0 bridgehead atoms. The van der Waals surface area contributed by atoms with Gasteiger partial charge in [-0.2, -0.15) is 0 Å². The molecule has 0 spiro atoms. The highest BCUT2D eigenvalue weighted by atomic mass is 127. The zero-order valence-corrected chi connectivity index (χ0v) is 21.3. The molecule has 0 aromatic heterocycles. The maximum absolute atomic E-state index is 6.11. The average molecular weight is 546 g/mol. The van der Waals surface area contributed by atoms with Crippen molar-refractivity contribution < 1.29 is 14.2 Å². The number of nitrogens with zero attached hydrogens (tertiary/aromatic N) is 1. The van der Waals surface area contributed by atoms with E-state index in [2.05, 4.69) is 41.8 Å². The predicted octanol–water partition coefficient (Wildman–Crippen LogP) is 4.51. The van der Waals surface area contributed by atoms with E-state index in [1.165, 1.54) is 37.7 Å². The van der Waals surface area contributed by atoms with Gasteiger partial charge < -0.3 is 24.8 Å². The molecule has 2 fully saturated rings. The third kappa shape index (κ3) is 10.4. The maximum Gasteiger partial charge on any atom is 0.191 e. The summed E-state index contributed by atoms with van der Waals surface area (Å²) < 4.78 is 17.2. The number of aliphatic imine (C=N–C) groups is 1. The second kappa shape index (κ2) is 15.7. The first kappa shape index (κ1) is 26.2. The standard InChI is InChI=1S/C24H39N3O3.HI/c1-2-25-24(26-14-6-15-28-18-21-13-16-29-19-21)27-17-20-9-11-23(12-10-20)30-22-7-4-3-5-8-22;/h9-12,21-22H,2-8,13-19H2,1H3,(H2,25,26,27);1H. The minimum atomic E-state index is 0. The molecule has 0 amide bonds. The number of hydrogen-bond acceptors (Lipinski definition) is 4. The fraction of sp³-hybridized carbons (Fsp3) is 0.708. The SMILES string of the molecule is CCNC(=NCc1ccc(OC2CCCCC2)cc1)NCCCOCC1CCOC1.I. The van der Waals surface area contributed by atoms with Gasteiger partial charge in [-0.15, -0.1) is 24.0 Å². The van der Waals surface area contributed by atoms with Crippen molar-refractivity contribution in [2.24, 2.45) is 10.9 Å². The lowest BCUT2D eigenvalue weighted by Gasteiger charge is -2.23. The molecule has 0 radical (unpaired) electrons. The Morgan fingerprint density at radius 3 is 2.61 bits per heavy atom. The van der Waals surface area contributed by atoms with Crippen LogP contribution in [0.4, 0.5) is 0 Å². The van der Waals surface area contributed by atoms with Crippen LogP contribution in [0, 0.1) is 5.92 Å². The largest absolute Gasteiger partial charge is 0.490 e. The zero-order chi connectivity index (χ0) is 20.9. The first-order chi connectivity index (χ1) is 14.8. The van der Waals surface area contributed by atoms with Gasteiger partial charge in [0.15, 0.2) is 5.96 Å². The summed E-state index contributed by atoms with van der Waals surface area (Å²) in [5.41, 5.74) is 1.19. The van der Waals surface area contributed by atoms with E-state index in [0.717, 1.165) is 64.1 Å². The van der Waals surface area contributed by atoms with Crippen molar-refractivity contribution in [2.75, 3.05) is 39.5 Å². The fourth-order valence-corrected chi connectivity index (χ4v) is 3.91. The van der Waals surface area contributed by atoms with Gasteiger partial charge in [0.2, 0.25) is 0 Å². The summed E-state index contributed by atoms with van der Waals surface area (Å²) in [7, 11) is 0. The van der Waals surface area contributed by atoms with Gasteiger partial charge >= 0.3 is 0 Å². The van der Waals surface area contributed by atoms with Gasteiger partial charge in [0.1, 0.15) is 5.75 Å². The molecule has 7 heteroatoms. The Hall–Kier alpha value is -1.06. The van der Waals surface area contributed by atoms with Crippen LogP contribution in [0.1, 0.15) is 57.4 Å². The van der Waals surface area contributed by atoms with Crippen LogP contribution < -0.4 is 15.4 Å². The summed E-state index contributed by atoms with van der Waals surface area (Å²) in [6.45, 7) is 7.75. The number of hydrogen-bond donors (Lipinski definition) is 2. The van der Waals surface area contributed by atoms with Gasteiger partial charge in [0.05, 0.1) is 25.9 Å². The van der Waals surface area contributed by atoms with Crippen LogP contribution >= 0.6 is 24.0 Å². The lowest BCUT2D eigenvalue weighted by Crippen LogP contribution is -2.38. The second-order valence-electron chi connectivity index (χ2n) is 8.30. The van der Waals surface area contributed by atoms with E-state index in [-0.39, 0.29) is 24.0 Å². The minimum Gasteiger partial charge on any atom is -0.490 e. The maximum atomic E-state index is 6.11. The Labute approximate surface area is 204 Å². The zero-order valence-electron chi connectivity index (χ0n) is 18.9. The number of guanidine groups is 1. The van der Waals surface area contributed by atoms with Crippen LogP contribution in [0.3, 0.4) is 0 Å². The van der Waals surface area contributed by atoms with Gasteiger partial charge in [-0.3, -0.25) is 0 Å². The molecule has 1 aromatic rings. The summed E-state index contributed by atoms with van der Waals surface area (Å²) in [6, 6.07) is 8.39. The highest BCUT2D eigenvalue weighted by Gasteiger charge is 2.15. The van der Waals surface area contributed by atoms with Crippen molar-refractivity contribution in [3.8, 4) is 5.75 Å². The molecule has 2 aliphatic rings. The molecule has 176 valence electrons. The van der Waals surface area contributed by atoms with Crippen molar-refractivity contribution >= 4 is 29.9 Å². The summed E-state index contributed by atoms with van der Waals surface area (Å²) in [5.74, 6) is 2.41. The topological polar surface area (TPSA) is 64.1 Å². The van der Waals surface area contributed by atoms with Crippen LogP contribution in [0.15, 0.2) is 29.3 Å². The molecule has 1 unspecified atom stereocenters. The van der Waals surface area contributed by atoms with Crippen molar-refractivity contribution in [1.29, 1.82) is 0 Å². The fourth-order valence-electron chi connectivity index (χ4n) is 3.91. The highest BCUT2D eigenvalue weighted by Crippen LogP contribution is 2.23. The quantitative estimate of drug-likeness (QED) is 0.185. The highest BCUT2D eigenvalue weighted by molar-refractivity contribution is 14.0. The molecule has 1 heterocycles. The third-order valence-corrected chi connectivity index (χ3v) is 5.68. The Kier molecular flexibility index (Phi) is 13.3. The van der Waals surface area contributed by atoms with E-state index in [0.29, 0.717) is 18.6 Å². The molecule has 1 atom stereocenters. The molecular weight excluding hydrogens is 505 g/mol. The molecular formula is C24H40IN3O3. The molecule has 1 saturated heterocycles. The predicted molar refractivity (Wildman–Crippen MR) is 137 cm³/mol. The Bertz CT molecular complexity index is 615. The van der Waals surface area contributed by atoms with E-state index in [9.17, 15) is 0 Å². The van der Waals surface area contributed by atoms with Crippen molar-refractivity contribution in [3.05, 3.63) is 29.8 Å². The van der Waals surface area contributed by atoms with E-state index < -0.39 is 0 Å². The van der Waals surface area contributed by atoms with Crippen LogP contribution in [0.25, 0.3) is 0 Å². The van der Waals surface area contributed by atoms with Gasteiger partial charge in [0, 0.05) is 32.2 Å². The van der Waals surface area contributed by atoms with Gasteiger partial charge in [0.25, 0.3) is 0 Å². The summed E-state index contributed by atoms with van der Waals surface area (Å²) in [4.78, 5) is 4.71. The Balaban J connectivity index is 0.00000341. The number of rotatable bonds is 11.